The fraction of sp³-hybridized carbons (Fsp3) is 0.421. The third kappa shape index (κ3) is 5.92. The molecule has 0 aliphatic rings. The molecule has 0 bridgehead atoms. The van der Waals surface area contributed by atoms with E-state index in [1.54, 1.807) is 6.07 Å². The van der Waals surface area contributed by atoms with Crippen molar-refractivity contribution in [1.29, 1.82) is 0 Å². The summed E-state index contributed by atoms with van der Waals surface area (Å²) in [4.78, 5) is 27.2. The Hall–Kier alpha value is -2.16. The second-order valence-corrected chi connectivity index (χ2v) is 7.37. The molecule has 0 fully saturated rings. The minimum absolute atomic E-state index is 0.0605. The summed E-state index contributed by atoms with van der Waals surface area (Å²) in [6.07, 6.45) is 0.845. The van der Waals surface area contributed by atoms with Crippen molar-refractivity contribution in [3.05, 3.63) is 45.4 Å². The predicted molar refractivity (Wildman–Crippen MR) is 114 cm³/mol. The number of hydrogen-bond donors (Lipinski definition) is 3. The zero-order valence-electron chi connectivity index (χ0n) is 16.1. The second kappa shape index (κ2) is 11.0. The predicted octanol–water partition coefficient (Wildman–Crippen LogP) is 2.77. The SMILES string of the molecule is CCN(CC)CCCNC(=O)c1snc(C(=O)NCc2ccccc2Cl)c1N. The molecule has 0 aliphatic heterocycles. The largest absolute Gasteiger partial charge is 0.395 e. The van der Waals surface area contributed by atoms with Gasteiger partial charge in [0.2, 0.25) is 0 Å². The van der Waals surface area contributed by atoms with Gasteiger partial charge in [-0.25, -0.2) is 0 Å². The van der Waals surface area contributed by atoms with E-state index >= 15 is 0 Å². The summed E-state index contributed by atoms with van der Waals surface area (Å²) in [5.41, 5.74) is 6.94. The molecule has 1 heterocycles. The fourth-order valence-electron chi connectivity index (χ4n) is 2.65. The molecule has 2 rings (SSSR count). The molecule has 4 N–H and O–H groups in total. The van der Waals surface area contributed by atoms with E-state index in [0.717, 1.165) is 43.2 Å². The van der Waals surface area contributed by atoms with Gasteiger partial charge in [0.1, 0.15) is 4.88 Å². The lowest BCUT2D eigenvalue weighted by Gasteiger charge is -2.17. The Kier molecular flexibility index (Phi) is 8.69. The molecule has 28 heavy (non-hydrogen) atoms. The molecule has 0 radical (unpaired) electrons. The average molecular weight is 424 g/mol. The van der Waals surface area contributed by atoms with Crippen LogP contribution in [0, 0.1) is 0 Å². The van der Waals surface area contributed by atoms with Crippen LogP contribution in [0.4, 0.5) is 5.69 Å². The summed E-state index contributed by atoms with van der Waals surface area (Å²) in [6.45, 7) is 7.90. The van der Waals surface area contributed by atoms with Gasteiger partial charge < -0.3 is 21.3 Å². The van der Waals surface area contributed by atoms with E-state index < -0.39 is 5.91 Å². The molecule has 1 aromatic heterocycles. The Morgan fingerprint density at radius 2 is 1.89 bits per heavy atom. The van der Waals surface area contributed by atoms with E-state index in [9.17, 15) is 9.59 Å². The van der Waals surface area contributed by atoms with Crippen LogP contribution in [-0.4, -0.2) is 47.3 Å². The smallest absolute Gasteiger partial charge is 0.273 e. The van der Waals surface area contributed by atoms with Gasteiger partial charge in [-0.2, -0.15) is 4.37 Å². The monoisotopic (exact) mass is 423 g/mol. The molecule has 152 valence electrons. The Labute approximate surface area is 174 Å². The first-order chi connectivity index (χ1) is 13.5. The highest BCUT2D eigenvalue weighted by Gasteiger charge is 2.22. The molecule has 0 saturated heterocycles. The first-order valence-electron chi connectivity index (χ1n) is 9.25. The number of aromatic nitrogens is 1. The number of nitrogens with zero attached hydrogens (tertiary/aromatic N) is 2. The highest BCUT2D eigenvalue weighted by molar-refractivity contribution is 7.09. The molecule has 9 heteroatoms. The zero-order valence-corrected chi connectivity index (χ0v) is 17.7. The number of benzene rings is 1. The highest BCUT2D eigenvalue weighted by atomic mass is 35.5. The van der Waals surface area contributed by atoms with Crippen LogP contribution in [0.1, 0.15) is 46.0 Å². The molecule has 2 aromatic rings. The molecule has 0 atom stereocenters. The van der Waals surface area contributed by atoms with Crippen LogP contribution in [-0.2, 0) is 6.54 Å². The summed E-state index contributed by atoms with van der Waals surface area (Å²) in [7, 11) is 0. The van der Waals surface area contributed by atoms with Crippen molar-refractivity contribution in [3.8, 4) is 0 Å². The Balaban J connectivity index is 1.88. The van der Waals surface area contributed by atoms with E-state index in [1.165, 1.54) is 0 Å². The summed E-state index contributed by atoms with van der Waals surface area (Å²) in [5.74, 6) is -0.742. The summed E-state index contributed by atoms with van der Waals surface area (Å²) < 4.78 is 4.06. The summed E-state index contributed by atoms with van der Waals surface area (Å²) in [6, 6.07) is 7.24. The number of carbonyl (C=O) groups is 2. The van der Waals surface area contributed by atoms with Crippen LogP contribution in [0.3, 0.4) is 0 Å². The maximum absolute atomic E-state index is 12.4. The minimum Gasteiger partial charge on any atom is -0.395 e. The second-order valence-electron chi connectivity index (χ2n) is 6.18. The van der Waals surface area contributed by atoms with Crippen molar-refractivity contribution in [2.45, 2.75) is 26.8 Å². The third-order valence-corrected chi connectivity index (χ3v) is 5.61. The van der Waals surface area contributed by atoms with Crippen LogP contribution in [0.2, 0.25) is 5.02 Å². The lowest BCUT2D eigenvalue weighted by atomic mass is 10.2. The van der Waals surface area contributed by atoms with Crippen molar-refractivity contribution in [3.63, 3.8) is 0 Å². The number of nitrogens with two attached hydrogens (primary N) is 1. The van der Waals surface area contributed by atoms with Crippen molar-refractivity contribution >= 4 is 40.6 Å². The standard InChI is InChI=1S/C19H26ClN5O2S/c1-3-25(4-2)11-7-10-22-19(27)17-15(21)16(24-28-17)18(26)23-12-13-8-5-6-9-14(13)20/h5-6,8-9H,3-4,7,10-12,21H2,1-2H3,(H,22,27)(H,23,26). The van der Waals surface area contributed by atoms with E-state index in [1.807, 2.05) is 18.2 Å². The van der Waals surface area contributed by atoms with Gasteiger partial charge in [0.05, 0.1) is 5.69 Å². The maximum Gasteiger partial charge on any atom is 0.273 e. The first kappa shape index (κ1) is 22.1. The molecule has 2 amide bonds. The molecule has 0 aliphatic carbocycles. The number of hydrogen-bond acceptors (Lipinski definition) is 6. The topological polar surface area (TPSA) is 100 Å². The molecular formula is C19H26ClN5O2S. The van der Waals surface area contributed by atoms with Crippen molar-refractivity contribution < 1.29 is 9.59 Å². The average Bonchev–Trinajstić information content (AvgIpc) is 3.08. The van der Waals surface area contributed by atoms with Gasteiger partial charge in [0.15, 0.2) is 5.69 Å². The quantitative estimate of drug-likeness (QED) is 0.510. The summed E-state index contributed by atoms with van der Waals surface area (Å²) in [5, 5.41) is 6.14. The number of amides is 2. The van der Waals surface area contributed by atoms with Crippen molar-refractivity contribution in [1.82, 2.24) is 19.9 Å². The van der Waals surface area contributed by atoms with Gasteiger partial charge in [0, 0.05) is 18.1 Å². The highest BCUT2D eigenvalue weighted by Crippen LogP contribution is 2.22. The molecule has 0 spiro atoms. The van der Waals surface area contributed by atoms with E-state index in [4.69, 9.17) is 17.3 Å². The van der Waals surface area contributed by atoms with Gasteiger partial charge in [-0.3, -0.25) is 9.59 Å². The van der Waals surface area contributed by atoms with E-state index in [0.29, 0.717) is 11.6 Å². The molecule has 7 nitrogen and oxygen atoms in total. The molecule has 0 saturated carbocycles. The van der Waals surface area contributed by atoms with Gasteiger partial charge in [-0.15, -0.1) is 0 Å². The van der Waals surface area contributed by atoms with Gasteiger partial charge in [0.25, 0.3) is 11.8 Å². The fourth-order valence-corrected chi connectivity index (χ4v) is 3.57. The number of halogens is 1. The van der Waals surface area contributed by atoms with Crippen LogP contribution < -0.4 is 16.4 Å². The number of anilines is 1. The molecular weight excluding hydrogens is 398 g/mol. The first-order valence-corrected chi connectivity index (χ1v) is 10.4. The van der Waals surface area contributed by atoms with Crippen molar-refractivity contribution in [2.75, 3.05) is 31.9 Å². The zero-order chi connectivity index (χ0) is 20.5. The van der Waals surface area contributed by atoms with Crippen LogP contribution in [0.5, 0.6) is 0 Å². The minimum atomic E-state index is -0.436. The van der Waals surface area contributed by atoms with Crippen LogP contribution in [0.15, 0.2) is 24.3 Å². The normalized spacial score (nSPS) is 10.9. The molecule has 0 unspecified atom stereocenters. The van der Waals surface area contributed by atoms with Gasteiger partial charge >= 0.3 is 0 Å². The lowest BCUT2D eigenvalue weighted by Crippen LogP contribution is -2.30. The Morgan fingerprint density at radius 1 is 1.18 bits per heavy atom. The number of nitrogen functional groups attached to an aromatic ring is 1. The van der Waals surface area contributed by atoms with Crippen LogP contribution in [0.25, 0.3) is 0 Å². The summed E-state index contributed by atoms with van der Waals surface area (Å²) >= 11 is 7.01. The van der Waals surface area contributed by atoms with Gasteiger partial charge in [-0.1, -0.05) is 43.6 Å². The van der Waals surface area contributed by atoms with E-state index in [-0.39, 0.29) is 28.7 Å². The lowest BCUT2D eigenvalue weighted by molar-refractivity contribution is 0.0947. The Morgan fingerprint density at radius 3 is 2.57 bits per heavy atom. The number of nitrogens with one attached hydrogen (secondary N) is 2. The maximum atomic E-state index is 12.4. The van der Waals surface area contributed by atoms with E-state index in [2.05, 4.69) is 33.8 Å². The Bertz CT molecular complexity index is 807. The van der Waals surface area contributed by atoms with Crippen LogP contribution >= 0.6 is 23.1 Å². The van der Waals surface area contributed by atoms with Crippen molar-refractivity contribution in [2.24, 2.45) is 0 Å². The number of rotatable bonds is 10. The molecule has 1 aromatic carbocycles. The van der Waals surface area contributed by atoms with Gasteiger partial charge in [-0.05, 0) is 49.2 Å². The third-order valence-electron chi connectivity index (χ3n) is 4.38. The number of carbonyl (C=O) groups excluding carboxylic acids is 2.